The van der Waals surface area contributed by atoms with Gasteiger partial charge in [-0.15, -0.1) is 11.3 Å². The number of nitrogens with one attached hydrogen (secondary N) is 1. The monoisotopic (exact) mass is 392 g/mol. The van der Waals surface area contributed by atoms with Crippen LogP contribution in [0.15, 0.2) is 24.9 Å². The van der Waals surface area contributed by atoms with Crippen LogP contribution in [0.5, 0.6) is 0 Å². The van der Waals surface area contributed by atoms with Crippen LogP contribution in [0.4, 0.5) is 0 Å². The molecule has 0 aromatic carbocycles. The van der Waals surface area contributed by atoms with Gasteiger partial charge in [-0.05, 0) is 50.9 Å². The molecule has 0 unspecified atom stereocenters. The maximum atomic E-state index is 5.74. The smallest absolute Gasteiger partial charge is 0.196 e. The molecule has 0 aliphatic rings. The van der Waals surface area contributed by atoms with E-state index in [1.54, 1.807) is 17.5 Å². The molecule has 1 N–H and O–H groups in total. The Morgan fingerprint density at radius 2 is 2.22 bits per heavy atom. The highest BCUT2D eigenvalue weighted by molar-refractivity contribution is 9.13. The molecule has 2 aromatic heterocycles. The van der Waals surface area contributed by atoms with E-state index in [1.807, 2.05) is 6.07 Å². The van der Waals surface area contributed by atoms with Gasteiger partial charge in [0.1, 0.15) is 0 Å². The third-order valence-electron chi connectivity index (χ3n) is 2.38. The minimum Gasteiger partial charge on any atom is -0.440 e. The average Bonchev–Trinajstić information content (AvgIpc) is 2.93. The molecule has 2 rings (SSSR count). The van der Waals surface area contributed by atoms with Gasteiger partial charge in [0.15, 0.2) is 11.7 Å². The summed E-state index contributed by atoms with van der Waals surface area (Å²) in [6.45, 7) is 4.10. The zero-order valence-corrected chi connectivity index (χ0v) is 14.0. The van der Waals surface area contributed by atoms with Crippen LogP contribution in [-0.4, -0.2) is 18.1 Å². The summed E-state index contributed by atoms with van der Waals surface area (Å²) < 4.78 is 7.85. The second-order valence-electron chi connectivity index (χ2n) is 3.85. The van der Waals surface area contributed by atoms with E-state index in [4.69, 9.17) is 4.42 Å². The molecule has 18 heavy (non-hydrogen) atoms. The van der Waals surface area contributed by atoms with Gasteiger partial charge in [0.25, 0.3) is 0 Å². The van der Waals surface area contributed by atoms with Gasteiger partial charge in [0, 0.05) is 17.4 Å². The predicted octanol–water partition coefficient (Wildman–Crippen LogP) is 4.47. The largest absolute Gasteiger partial charge is 0.440 e. The Bertz CT molecular complexity index is 490. The SMILES string of the molecule is CCCNCCc1ncc(-c2cc(Br)c(Br)s2)o1. The van der Waals surface area contributed by atoms with Crippen molar-refractivity contribution in [3.05, 3.63) is 26.4 Å². The summed E-state index contributed by atoms with van der Waals surface area (Å²) in [4.78, 5) is 5.38. The average molecular weight is 394 g/mol. The van der Waals surface area contributed by atoms with Crippen molar-refractivity contribution in [1.82, 2.24) is 10.3 Å². The number of rotatable bonds is 6. The van der Waals surface area contributed by atoms with Crippen molar-refractivity contribution in [2.24, 2.45) is 0 Å². The number of hydrogen-bond acceptors (Lipinski definition) is 4. The Morgan fingerprint density at radius 3 is 2.89 bits per heavy atom. The summed E-state index contributed by atoms with van der Waals surface area (Å²) in [5, 5.41) is 3.33. The van der Waals surface area contributed by atoms with Crippen molar-refractivity contribution in [3.8, 4) is 10.6 Å². The van der Waals surface area contributed by atoms with E-state index in [0.717, 1.165) is 50.7 Å². The fourth-order valence-corrected chi connectivity index (χ4v) is 3.49. The van der Waals surface area contributed by atoms with Crippen LogP contribution in [0, 0.1) is 0 Å². The lowest BCUT2D eigenvalue weighted by Crippen LogP contribution is -2.17. The Balaban J connectivity index is 1.97. The first-order valence-electron chi connectivity index (χ1n) is 5.81. The standard InChI is InChI=1S/C12H14Br2N2OS/c1-2-4-15-5-3-11-16-7-9(17-11)10-6-8(13)12(14)18-10/h6-7,15H,2-5H2,1H3. The normalized spacial score (nSPS) is 11.1. The third-order valence-corrected chi connectivity index (χ3v) is 5.65. The van der Waals surface area contributed by atoms with Crippen molar-refractivity contribution in [1.29, 1.82) is 0 Å². The van der Waals surface area contributed by atoms with Crippen molar-refractivity contribution in [3.63, 3.8) is 0 Å². The lowest BCUT2D eigenvalue weighted by atomic mass is 10.4. The van der Waals surface area contributed by atoms with Gasteiger partial charge in [-0.3, -0.25) is 0 Å². The lowest BCUT2D eigenvalue weighted by Gasteiger charge is -1.98. The first-order valence-corrected chi connectivity index (χ1v) is 8.21. The molecule has 2 heterocycles. The molecule has 0 fully saturated rings. The van der Waals surface area contributed by atoms with Crippen LogP contribution in [0.25, 0.3) is 10.6 Å². The summed E-state index contributed by atoms with van der Waals surface area (Å²) in [5.74, 6) is 1.62. The second kappa shape index (κ2) is 6.84. The first-order chi connectivity index (χ1) is 8.70. The van der Waals surface area contributed by atoms with Crippen LogP contribution < -0.4 is 5.32 Å². The van der Waals surface area contributed by atoms with Gasteiger partial charge in [-0.2, -0.15) is 0 Å². The number of hydrogen-bond donors (Lipinski definition) is 1. The van der Waals surface area contributed by atoms with Crippen LogP contribution in [0.3, 0.4) is 0 Å². The summed E-state index contributed by atoms with van der Waals surface area (Å²) in [6, 6.07) is 2.04. The predicted molar refractivity (Wildman–Crippen MR) is 82.1 cm³/mol. The van der Waals surface area contributed by atoms with Crippen LogP contribution in [0.2, 0.25) is 0 Å². The maximum absolute atomic E-state index is 5.74. The fraction of sp³-hybridized carbons (Fsp3) is 0.417. The van der Waals surface area contributed by atoms with Crippen LogP contribution in [0.1, 0.15) is 19.2 Å². The number of halogens is 2. The molecule has 0 radical (unpaired) electrons. The van der Waals surface area contributed by atoms with Crippen molar-refractivity contribution in [2.75, 3.05) is 13.1 Å². The number of aromatic nitrogens is 1. The van der Waals surface area contributed by atoms with E-state index in [1.165, 1.54) is 0 Å². The molecular formula is C12H14Br2N2OS. The molecule has 0 atom stereocenters. The molecule has 0 spiro atoms. The van der Waals surface area contributed by atoms with Crippen LogP contribution >= 0.6 is 43.2 Å². The van der Waals surface area contributed by atoms with E-state index in [9.17, 15) is 0 Å². The second-order valence-corrected chi connectivity index (χ2v) is 7.07. The minimum absolute atomic E-state index is 0.786. The lowest BCUT2D eigenvalue weighted by molar-refractivity contribution is 0.495. The Morgan fingerprint density at radius 1 is 1.39 bits per heavy atom. The van der Waals surface area contributed by atoms with E-state index in [0.29, 0.717) is 0 Å². The molecule has 0 bridgehead atoms. The Hall–Kier alpha value is -0.170. The summed E-state index contributed by atoms with van der Waals surface area (Å²) in [6.07, 6.45) is 3.77. The first kappa shape index (κ1) is 14.2. The molecule has 3 nitrogen and oxygen atoms in total. The number of nitrogens with zero attached hydrogens (tertiary/aromatic N) is 1. The summed E-state index contributed by atoms with van der Waals surface area (Å²) >= 11 is 8.58. The molecule has 0 amide bonds. The van der Waals surface area contributed by atoms with E-state index < -0.39 is 0 Å². The van der Waals surface area contributed by atoms with Crippen LogP contribution in [-0.2, 0) is 6.42 Å². The maximum Gasteiger partial charge on any atom is 0.196 e. The highest BCUT2D eigenvalue weighted by Gasteiger charge is 2.11. The van der Waals surface area contributed by atoms with Gasteiger partial charge in [-0.1, -0.05) is 6.92 Å². The van der Waals surface area contributed by atoms with Crippen molar-refractivity contribution < 1.29 is 4.42 Å². The molecule has 98 valence electrons. The zero-order chi connectivity index (χ0) is 13.0. The van der Waals surface area contributed by atoms with Gasteiger partial charge in [0.2, 0.25) is 0 Å². The molecule has 0 aliphatic heterocycles. The number of thiophene rings is 1. The molecule has 6 heteroatoms. The highest BCUT2D eigenvalue weighted by Crippen LogP contribution is 2.38. The third kappa shape index (κ3) is 3.66. The topological polar surface area (TPSA) is 38.1 Å². The molecule has 0 saturated heterocycles. The highest BCUT2D eigenvalue weighted by atomic mass is 79.9. The molecule has 0 saturated carbocycles. The zero-order valence-electron chi connectivity index (χ0n) is 10.0. The van der Waals surface area contributed by atoms with Gasteiger partial charge in [0.05, 0.1) is 14.9 Å². The van der Waals surface area contributed by atoms with E-state index in [2.05, 4.69) is 49.1 Å². The molecule has 2 aromatic rings. The van der Waals surface area contributed by atoms with Gasteiger partial charge < -0.3 is 9.73 Å². The summed E-state index contributed by atoms with van der Waals surface area (Å²) in [5.41, 5.74) is 0. The Kier molecular flexibility index (Phi) is 5.41. The molecular weight excluding hydrogens is 380 g/mol. The van der Waals surface area contributed by atoms with Crippen molar-refractivity contribution >= 4 is 43.2 Å². The quantitative estimate of drug-likeness (QED) is 0.735. The van der Waals surface area contributed by atoms with Gasteiger partial charge in [-0.25, -0.2) is 4.98 Å². The number of oxazole rings is 1. The van der Waals surface area contributed by atoms with Crippen molar-refractivity contribution in [2.45, 2.75) is 19.8 Å². The van der Waals surface area contributed by atoms with Gasteiger partial charge >= 0.3 is 0 Å². The molecule has 0 aliphatic carbocycles. The summed E-state index contributed by atoms with van der Waals surface area (Å²) in [7, 11) is 0. The van der Waals surface area contributed by atoms with E-state index >= 15 is 0 Å². The Labute approximate surface area is 127 Å². The van der Waals surface area contributed by atoms with E-state index in [-0.39, 0.29) is 0 Å². The minimum atomic E-state index is 0.786. The fourth-order valence-electron chi connectivity index (χ4n) is 1.50.